The SMILES string of the molecule is COc1cc(C=C(C#N)C(=O)Nc2cc(C)on2)cc(Cl)c1OCCOc1ccc(Br)cc1. The van der Waals surface area contributed by atoms with Crippen molar-refractivity contribution in [1.82, 2.24) is 5.16 Å². The number of hydrogen-bond donors (Lipinski definition) is 1. The van der Waals surface area contributed by atoms with Crippen molar-refractivity contribution < 1.29 is 23.5 Å². The maximum atomic E-state index is 12.4. The zero-order valence-corrected chi connectivity index (χ0v) is 20.1. The van der Waals surface area contributed by atoms with Crippen LogP contribution in [0.2, 0.25) is 5.02 Å². The molecule has 8 nitrogen and oxygen atoms in total. The van der Waals surface area contributed by atoms with Crippen molar-refractivity contribution in [3.63, 3.8) is 0 Å². The molecule has 0 unspecified atom stereocenters. The van der Waals surface area contributed by atoms with Crippen LogP contribution in [0.15, 0.2) is 57.0 Å². The summed E-state index contributed by atoms with van der Waals surface area (Å²) in [6.45, 7) is 2.21. The third-order valence-electron chi connectivity index (χ3n) is 4.21. The summed E-state index contributed by atoms with van der Waals surface area (Å²) in [7, 11) is 1.47. The first-order valence-electron chi connectivity index (χ1n) is 9.64. The van der Waals surface area contributed by atoms with Gasteiger partial charge in [-0.05, 0) is 55.0 Å². The summed E-state index contributed by atoms with van der Waals surface area (Å²) in [4.78, 5) is 12.4. The van der Waals surface area contributed by atoms with Crippen LogP contribution in [-0.2, 0) is 4.79 Å². The van der Waals surface area contributed by atoms with Gasteiger partial charge in [-0.2, -0.15) is 5.26 Å². The summed E-state index contributed by atoms with van der Waals surface area (Å²) in [5.41, 5.74) is 0.337. The highest BCUT2D eigenvalue weighted by atomic mass is 79.9. The van der Waals surface area contributed by atoms with Crippen LogP contribution in [0.4, 0.5) is 5.82 Å². The number of rotatable bonds is 9. The average molecular weight is 533 g/mol. The fourth-order valence-corrected chi connectivity index (χ4v) is 3.26. The van der Waals surface area contributed by atoms with E-state index in [2.05, 4.69) is 26.4 Å². The molecule has 3 aromatic rings. The molecule has 0 aliphatic heterocycles. The third kappa shape index (κ3) is 6.75. The standard InChI is InChI=1S/C23H19BrClN3O5/c1-14-9-21(28-33-14)27-23(29)16(13-26)10-15-11-19(25)22(20(12-15)30-2)32-8-7-31-18-5-3-17(24)4-6-18/h3-6,9-12H,7-8H2,1-2H3,(H,27,28,29). The van der Waals surface area contributed by atoms with Gasteiger partial charge in [-0.15, -0.1) is 0 Å². The van der Waals surface area contributed by atoms with Crippen molar-refractivity contribution in [2.75, 3.05) is 25.6 Å². The number of nitriles is 1. The Morgan fingerprint density at radius 1 is 1.24 bits per heavy atom. The van der Waals surface area contributed by atoms with Gasteiger partial charge in [-0.3, -0.25) is 4.79 Å². The molecule has 0 aliphatic rings. The van der Waals surface area contributed by atoms with E-state index in [1.807, 2.05) is 30.3 Å². The Balaban J connectivity index is 1.68. The molecule has 1 aromatic heterocycles. The second-order valence-corrected chi connectivity index (χ2v) is 7.95. The molecule has 0 radical (unpaired) electrons. The number of nitrogens with one attached hydrogen (secondary N) is 1. The van der Waals surface area contributed by atoms with Crippen LogP contribution >= 0.6 is 27.5 Å². The van der Waals surface area contributed by atoms with Crippen LogP contribution in [0, 0.1) is 18.3 Å². The molecule has 1 amide bonds. The second-order valence-electron chi connectivity index (χ2n) is 6.63. The first-order chi connectivity index (χ1) is 15.9. The molecule has 1 N–H and O–H groups in total. The largest absolute Gasteiger partial charge is 0.493 e. The normalized spacial score (nSPS) is 10.9. The van der Waals surface area contributed by atoms with Crippen LogP contribution in [-0.4, -0.2) is 31.4 Å². The van der Waals surface area contributed by atoms with Crippen LogP contribution in [0.5, 0.6) is 17.2 Å². The minimum Gasteiger partial charge on any atom is -0.493 e. The second kappa shape index (κ2) is 11.4. The van der Waals surface area contributed by atoms with Gasteiger partial charge in [0, 0.05) is 10.5 Å². The molecule has 0 bridgehead atoms. The number of carbonyl (C=O) groups excluding carboxylic acids is 1. The highest BCUT2D eigenvalue weighted by Gasteiger charge is 2.15. The number of aryl methyl sites for hydroxylation is 1. The van der Waals surface area contributed by atoms with Gasteiger partial charge in [0.2, 0.25) is 0 Å². The number of benzene rings is 2. The molecule has 3 rings (SSSR count). The van der Waals surface area contributed by atoms with Crippen molar-refractivity contribution in [2.45, 2.75) is 6.92 Å². The molecular weight excluding hydrogens is 514 g/mol. The maximum absolute atomic E-state index is 12.4. The van der Waals surface area contributed by atoms with Gasteiger partial charge in [-0.25, -0.2) is 0 Å². The Labute approximate surface area is 203 Å². The highest BCUT2D eigenvalue weighted by Crippen LogP contribution is 2.37. The maximum Gasteiger partial charge on any atom is 0.267 e. The number of carbonyl (C=O) groups is 1. The van der Waals surface area contributed by atoms with Gasteiger partial charge in [-0.1, -0.05) is 32.7 Å². The number of anilines is 1. The van der Waals surface area contributed by atoms with E-state index in [9.17, 15) is 10.1 Å². The van der Waals surface area contributed by atoms with Gasteiger partial charge in [0.1, 0.15) is 36.4 Å². The van der Waals surface area contributed by atoms with Crippen LogP contribution < -0.4 is 19.5 Å². The summed E-state index contributed by atoms with van der Waals surface area (Å²) in [6.07, 6.45) is 1.39. The molecule has 10 heteroatoms. The minimum atomic E-state index is -0.633. The molecule has 2 aromatic carbocycles. The van der Waals surface area contributed by atoms with Gasteiger partial charge in [0.25, 0.3) is 5.91 Å². The number of ether oxygens (including phenoxy) is 3. The quantitative estimate of drug-likeness (QED) is 0.223. The lowest BCUT2D eigenvalue weighted by molar-refractivity contribution is -0.112. The van der Waals surface area contributed by atoms with Gasteiger partial charge in [0.15, 0.2) is 17.3 Å². The van der Waals surface area contributed by atoms with Crippen LogP contribution in [0.1, 0.15) is 11.3 Å². The lowest BCUT2D eigenvalue weighted by Gasteiger charge is -2.14. The highest BCUT2D eigenvalue weighted by molar-refractivity contribution is 9.10. The lowest BCUT2D eigenvalue weighted by Crippen LogP contribution is -2.13. The predicted octanol–water partition coefficient (Wildman–Crippen LogP) is 5.41. The fourth-order valence-electron chi connectivity index (χ4n) is 2.72. The smallest absolute Gasteiger partial charge is 0.267 e. The lowest BCUT2D eigenvalue weighted by atomic mass is 10.1. The Kier molecular flexibility index (Phi) is 8.35. The Bertz CT molecular complexity index is 1200. The van der Waals surface area contributed by atoms with E-state index in [4.69, 9.17) is 30.3 Å². The molecule has 0 saturated carbocycles. The third-order valence-corrected chi connectivity index (χ3v) is 5.02. The molecule has 33 heavy (non-hydrogen) atoms. The Hall–Kier alpha value is -3.48. The molecule has 0 atom stereocenters. The van der Waals surface area contributed by atoms with Crippen molar-refractivity contribution in [3.8, 4) is 23.3 Å². The molecule has 170 valence electrons. The van der Waals surface area contributed by atoms with Crippen molar-refractivity contribution >= 4 is 45.3 Å². The first-order valence-corrected chi connectivity index (χ1v) is 10.8. The van der Waals surface area contributed by atoms with E-state index in [-0.39, 0.29) is 23.0 Å². The fraction of sp³-hybridized carbons (Fsp3) is 0.174. The predicted molar refractivity (Wildman–Crippen MR) is 127 cm³/mol. The molecular formula is C23H19BrClN3O5. The summed E-state index contributed by atoms with van der Waals surface area (Å²) in [5.74, 6) is 1.50. The van der Waals surface area contributed by atoms with Crippen LogP contribution in [0.3, 0.4) is 0 Å². The Morgan fingerprint density at radius 2 is 1.97 bits per heavy atom. The van der Waals surface area contributed by atoms with E-state index >= 15 is 0 Å². The number of amides is 1. The Morgan fingerprint density at radius 3 is 2.61 bits per heavy atom. The van der Waals surface area contributed by atoms with Crippen LogP contribution in [0.25, 0.3) is 6.08 Å². The zero-order valence-electron chi connectivity index (χ0n) is 17.7. The average Bonchev–Trinajstić information content (AvgIpc) is 3.21. The van der Waals surface area contributed by atoms with Crippen molar-refractivity contribution in [3.05, 3.63) is 68.9 Å². The molecule has 0 aliphatic carbocycles. The number of hydrogen-bond acceptors (Lipinski definition) is 7. The van der Waals surface area contributed by atoms with Crippen molar-refractivity contribution in [2.24, 2.45) is 0 Å². The van der Waals surface area contributed by atoms with E-state index < -0.39 is 5.91 Å². The monoisotopic (exact) mass is 531 g/mol. The van der Waals surface area contributed by atoms with Crippen molar-refractivity contribution in [1.29, 1.82) is 5.26 Å². The summed E-state index contributed by atoms with van der Waals surface area (Å²) < 4.78 is 22.6. The molecule has 0 fully saturated rings. The zero-order chi connectivity index (χ0) is 23.8. The van der Waals surface area contributed by atoms with E-state index in [1.165, 1.54) is 13.2 Å². The van der Waals surface area contributed by atoms with E-state index in [0.717, 1.165) is 4.47 Å². The summed E-state index contributed by atoms with van der Waals surface area (Å²) in [6, 6.07) is 14.0. The number of halogens is 2. The first kappa shape index (κ1) is 24.2. The van der Waals surface area contributed by atoms with Gasteiger partial charge in [0.05, 0.1) is 12.1 Å². The van der Waals surface area contributed by atoms with E-state index in [1.54, 1.807) is 25.1 Å². The van der Waals surface area contributed by atoms with Gasteiger partial charge < -0.3 is 24.1 Å². The molecule has 1 heterocycles. The van der Waals surface area contributed by atoms with E-state index in [0.29, 0.717) is 35.2 Å². The molecule has 0 saturated heterocycles. The number of methoxy groups -OCH3 is 1. The molecule has 0 spiro atoms. The summed E-state index contributed by atoms with van der Waals surface area (Å²) in [5, 5.41) is 15.9. The topological polar surface area (TPSA) is 107 Å². The minimum absolute atomic E-state index is 0.148. The van der Waals surface area contributed by atoms with Gasteiger partial charge >= 0.3 is 0 Å². The number of nitrogens with zero attached hydrogens (tertiary/aromatic N) is 2. The summed E-state index contributed by atoms with van der Waals surface area (Å²) >= 11 is 9.75. The number of aromatic nitrogens is 1.